The van der Waals surface area contributed by atoms with E-state index in [1.54, 1.807) is 11.3 Å². The van der Waals surface area contributed by atoms with Crippen molar-refractivity contribution in [1.82, 2.24) is 4.98 Å². The van der Waals surface area contributed by atoms with Crippen molar-refractivity contribution in [2.24, 2.45) is 0 Å². The molecule has 2 aromatic rings. The summed E-state index contributed by atoms with van der Waals surface area (Å²) in [4.78, 5) is 18.0. The topological polar surface area (TPSA) is 42.0 Å². The second-order valence-electron chi connectivity index (χ2n) is 5.36. The quantitative estimate of drug-likeness (QED) is 0.898. The number of carbonyl (C=O) groups is 1. The number of hydrogen-bond donors (Lipinski definition) is 1. The molecule has 22 heavy (non-hydrogen) atoms. The number of hydrogen-bond acceptors (Lipinski definition) is 3. The van der Waals surface area contributed by atoms with Gasteiger partial charge >= 0.3 is 0 Å². The predicted molar refractivity (Wildman–Crippen MR) is 87.1 cm³/mol. The Bertz CT molecular complexity index is 678. The summed E-state index contributed by atoms with van der Waals surface area (Å²) in [6.07, 6.45) is 5.63. The summed E-state index contributed by atoms with van der Waals surface area (Å²) in [5.74, 6) is -0.608. The third kappa shape index (κ3) is 3.65. The molecule has 0 unspecified atom stereocenters. The van der Waals surface area contributed by atoms with Crippen LogP contribution in [0.2, 0.25) is 5.02 Å². The molecule has 0 saturated heterocycles. The third-order valence-corrected chi connectivity index (χ3v) is 5.17. The highest BCUT2D eigenvalue weighted by Gasteiger charge is 2.15. The van der Waals surface area contributed by atoms with E-state index < -0.39 is 5.82 Å². The molecule has 1 aromatic carbocycles. The Hall–Kier alpha value is -1.46. The summed E-state index contributed by atoms with van der Waals surface area (Å²) in [7, 11) is 0. The fourth-order valence-electron chi connectivity index (χ4n) is 2.53. The van der Waals surface area contributed by atoms with Crippen molar-refractivity contribution in [1.29, 1.82) is 0 Å². The molecular weight excluding hydrogens is 323 g/mol. The zero-order valence-electron chi connectivity index (χ0n) is 12.0. The Morgan fingerprint density at radius 3 is 2.95 bits per heavy atom. The molecule has 3 nitrogen and oxygen atoms in total. The van der Waals surface area contributed by atoms with Gasteiger partial charge < -0.3 is 5.32 Å². The van der Waals surface area contributed by atoms with Gasteiger partial charge in [-0.1, -0.05) is 11.6 Å². The maximum atomic E-state index is 13.1. The van der Waals surface area contributed by atoms with Crippen LogP contribution in [-0.2, 0) is 24.1 Å². The van der Waals surface area contributed by atoms with Crippen molar-refractivity contribution in [3.05, 3.63) is 44.6 Å². The van der Waals surface area contributed by atoms with Crippen molar-refractivity contribution in [3.8, 4) is 0 Å². The van der Waals surface area contributed by atoms with Crippen LogP contribution < -0.4 is 5.32 Å². The largest absolute Gasteiger partial charge is 0.326 e. The number of nitrogens with zero attached hydrogens (tertiary/aromatic N) is 1. The molecule has 0 radical (unpaired) electrons. The summed E-state index contributed by atoms with van der Waals surface area (Å²) in [6, 6.07) is 4.16. The fraction of sp³-hybridized carbons (Fsp3) is 0.375. The van der Waals surface area contributed by atoms with Gasteiger partial charge in [-0.15, -0.1) is 11.3 Å². The van der Waals surface area contributed by atoms with Gasteiger partial charge in [0.05, 0.1) is 15.7 Å². The summed E-state index contributed by atoms with van der Waals surface area (Å²) in [6.45, 7) is 0. The lowest BCUT2D eigenvalue weighted by Gasteiger charge is -2.06. The van der Waals surface area contributed by atoms with Gasteiger partial charge in [0.2, 0.25) is 5.91 Å². The first-order chi connectivity index (χ1) is 10.6. The molecule has 1 aromatic heterocycles. The number of aryl methyl sites for hydroxylation is 3. The van der Waals surface area contributed by atoms with Crippen LogP contribution in [0.5, 0.6) is 0 Å². The van der Waals surface area contributed by atoms with E-state index >= 15 is 0 Å². The van der Waals surface area contributed by atoms with Crippen LogP contribution in [0.1, 0.15) is 34.8 Å². The van der Waals surface area contributed by atoms with Crippen LogP contribution in [0.15, 0.2) is 18.2 Å². The van der Waals surface area contributed by atoms with E-state index in [2.05, 4.69) is 10.3 Å². The number of benzene rings is 1. The number of halogens is 2. The number of nitrogens with one attached hydrogen (secondary N) is 1. The second kappa shape index (κ2) is 6.75. The Morgan fingerprint density at radius 2 is 2.18 bits per heavy atom. The summed E-state index contributed by atoms with van der Waals surface area (Å²) >= 11 is 7.42. The zero-order valence-corrected chi connectivity index (χ0v) is 13.6. The number of carbonyl (C=O) groups excluding carboxylic acids is 1. The third-order valence-electron chi connectivity index (χ3n) is 3.66. The fourth-order valence-corrected chi connectivity index (χ4v) is 3.87. The highest BCUT2D eigenvalue weighted by atomic mass is 35.5. The molecular formula is C16H16ClFN2OS. The van der Waals surface area contributed by atoms with Crippen molar-refractivity contribution >= 4 is 34.5 Å². The maximum absolute atomic E-state index is 13.1. The van der Waals surface area contributed by atoms with Gasteiger partial charge in [-0.25, -0.2) is 9.37 Å². The number of aromatic nitrogens is 1. The lowest BCUT2D eigenvalue weighted by Crippen LogP contribution is -2.12. The Balaban J connectivity index is 1.55. The summed E-state index contributed by atoms with van der Waals surface area (Å²) in [5, 5.41) is 3.76. The van der Waals surface area contributed by atoms with Crippen LogP contribution in [0.3, 0.4) is 0 Å². The van der Waals surface area contributed by atoms with Crippen LogP contribution in [-0.4, -0.2) is 10.9 Å². The lowest BCUT2D eigenvalue weighted by atomic mass is 10.0. The van der Waals surface area contributed by atoms with E-state index in [-0.39, 0.29) is 10.9 Å². The summed E-state index contributed by atoms with van der Waals surface area (Å²) in [5.41, 5.74) is 1.73. The predicted octanol–water partition coefficient (Wildman–Crippen LogP) is 4.39. The van der Waals surface area contributed by atoms with Crippen LogP contribution in [0.4, 0.5) is 10.1 Å². The van der Waals surface area contributed by atoms with E-state index in [0.29, 0.717) is 18.5 Å². The van der Waals surface area contributed by atoms with E-state index in [1.165, 1.54) is 41.6 Å². The van der Waals surface area contributed by atoms with Crippen LogP contribution in [0.25, 0.3) is 0 Å². The number of anilines is 1. The normalized spacial score (nSPS) is 13.7. The molecule has 6 heteroatoms. The van der Waals surface area contributed by atoms with E-state index in [0.717, 1.165) is 17.8 Å². The minimum atomic E-state index is -0.493. The first kappa shape index (κ1) is 15.4. The van der Waals surface area contributed by atoms with Gasteiger partial charge in [0, 0.05) is 23.4 Å². The molecule has 3 rings (SSSR count). The molecule has 1 aliphatic carbocycles. The van der Waals surface area contributed by atoms with Gasteiger partial charge in [0.15, 0.2) is 0 Å². The molecule has 1 aliphatic rings. The average Bonchev–Trinajstić information content (AvgIpc) is 2.92. The first-order valence-electron chi connectivity index (χ1n) is 7.34. The highest BCUT2D eigenvalue weighted by molar-refractivity contribution is 7.11. The molecule has 116 valence electrons. The molecule has 1 amide bonds. The zero-order chi connectivity index (χ0) is 15.5. The van der Waals surface area contributed by atoms with Crippen molar-refractivity contribution < 1.29 is 9.18 Å². The Labute approximate surface area is 137 Å². The molecule has 0 saturated carbocycles. The van der Waals surface area contributed by atoms with Crippen LogP contribution in [0, 0.1) is 5.82 Å². The second-order valence-corrected chi connectivity index (χ2v) is 6.94. The minimum absolute atomic E-state index is 0.00500. The molecule has 0 fully saturated rings. The molecule has 0 aliphatic heterocycles. The van der Waals surface area contributed by atoms with E-state index in [4.69, 9.17) is 11.6 Å². The van der Waals surface area contributed by atoms with Crippen molar-refractivity contribution in [2.45, 2.75) is 38.5 Å². The monoisotopic (exact) mass is 338 g/mol. The molecule has 0 atom stereocenters. The van der Waals surface area contributed by atoms with E-state index in [9.17, 15) is 9.18 Å². The van der Waals surface area contributed by atoms with Crippen molar-refractivity contribution in [3.63, 3.8) is 0 Å². The van der Waals surface area contributed by atoms with Gasteiger partial charge in [-0.05, 0) is 43.9 Å². The Morgan fingerprint density at radius 1 is 1.36 bits per heavy atom. The number of rotatable bonds is 4. The van der Waals surface area contributed by atoms with Crippen molar-refractivity contribution in [2.75, 3.05) is 5.32 Å². The van der Waals surface area contributed by atoms with Gasteiger partial charge in [0.1, 0.15) is 5.82 Å². The van der Waals surface area contributed by atoms with Gasteiger partial charge in [-0.3, -0.25) is 4.79 Å². The molecule has 0 bridgehead atoms. The standard InChI is InChI=1S/C16H16ClFN2OS/c17-11-9-10(5-6-12(11)18)19-15(21)7-8-16-20-13-3-1-2-4-14(13)22-16/h5-6,9H,1-4,7-8H2,(H,19,21). The SMILES string of the molecule is O=C(CCc1nc2c(s1)CCCC2)Nc1ccc(F)c(Cl)c1. The molecule has 0 spiro atoms. The van der Waals surface area contributed by atoms with Crippen LogP contribution >= 0.6 is 22.9 Å². The maximum Gasteiger partial charge on any atom is 0.224 e. The molecule has 1 N–H and O–H groups in total. The Kier molecular flexibility index (Phi) is 4.74. The smallest absolute Gasteiger partial charge is 0.224 e. The summed E-state index contributed by atoms with van der Waals surface area (Å²) < 4.78 is 13.1. The van der Waals surface area contributed by atoms with E-state index in [1.807, 2.05) is 0 Å². The first-order valence-corrected chi connectivity index (χ1v) is 8.53. The average molecular weight is 339 g/mol. The number of fused-ring (bicyclic) bond motifs is 1. The number of amides is 1. The van der Waals surface area contributed by atoms with Gasteiger partial charge in [-0.2, -0.15) is 0 Å². The highest BCUT2D eigenvalue weighted by Crippen LogP contribution is 2.27. The van der Waals surface area contributed by atoms with Gasteiger partial charge in [0.25, 0.3) is 0 Å². The lowest BCUT2D eigenvalue weighted by molar-refractivity contribution is -0.116. The molecule has 1 heterocycles. The number of thiazole rings is 1. The minimum Gasteiger partial charge on any atom is -0.326 e.